The zero-order valence-electron chi connectivity index (χ0n) is 11.0. The van der Waals surface area contributed by atoms with Gasteiger partial charge in [-0.05, 0) is 24.8 Å². The molecule has 1 aliphatic carbocycles. The molecule has 2 unspecified atom stereocenters. The van der Waals surface area contributed by atoms with E-state index < -0.39 is 5.60 Å². The van der Waals surface area contributed by atoms with Crippen molar-refractivity contribution in [3.63, 3.8) is 0 Å². The van der Waals surface area contributed by atoms with E-state index in [1.165, 1.54) is 12.4 Å². The van der Waals surface area contributed by atoms with Gasteiger partial charge in [-0.2, -0.15) is 0 Å². The van der Waals surface area contributed by atoms with Gasteiger partial charge in [0.05, 0.1) is 16.2 Å². The van der Waals surface area contributed by atoms with Crippen molar-refractivity contribution in [3.8, 4) is 0 Å². The lowest BCUT2D eigenvalue weighted by Crippen LogP contribution is -2.45. The van der Waals surface area contributed by atoms with Gasteiger partial charge in [0.25, 0.3) is 5.91 Å². The van der Waals surface area contributed by atoms with Gasteiger partial charge in [-0.1, -0.05) is 31.4 Å². The topological polar surface area (TPSA) is 62.2 Å². The Morgan fingerprint density at radius 1 is 1.68 bits per heavy atom. The van der Waals surface area contributed by atoms with Crippen molar-refractivity contribution in [1.29, 1.82) is 0 Å². The Hall–Kier alpha value is -1.13. The lowest BCUT2D eigenvalue weighted by atomic mass is 9.79. The first-order chi connectivity index (χ1) is 9.00. The second kappa shape index (κ2) is 5.88. The summed E-state index contributed by atoms with van der Waals surface area (Å²) in [7, 11) is 0. The number of nitrogens with zero attached hydrogens (tertiary/aromatic N) is 1. The van der Waals surface area contributed by atoms with Crippen LogP contribution in [0.4, 0.5) is 0 Å². The number of aliphatic hydroxyl groups is 1. The number of amides is 1. The number of carbonyl (C=O) groups is 1. The van der Waals surface area contributed by atoms with Crippen LogP contribution in [0.3, 0.4) is 0 Å². The molecule has 1 heterocycles. The molecule has 4 nitrogen and oxygen atoms in total. The molecule has 0 aromatic carbocycles. The van der Waals surface area contributed by atoms with Crippen LogP contribution in [0.25, 0.3) is 0 Å². The van der Waals surface area contributed by atoms with E-state index in [2.05, 4.69) is 17.2 Å². The molecule has 2 rings (SSSR count). The minimum Gasteiger partial charge on any atom is -0.388 e. The number of hydrogen-bond donors (Lipinski definition) is 2. The number of nitrogens with one attached hydrogen (secondary N) is 1. The molecule has 19 heavy (non-hydrogen) atoms. The zero-order valence-corrected chi connectivity index (χ0v) is 11.8. The number of hydrogen-bond acceptors (Lipinski definition) is 3. The van der Waals surface area contributed by atoms with E-state index >= 15 is 0 Å². The lowest BCUT2D eigenvalue weighted by molar-refractivity contribution is -0.0109. The predicted molar refractivity (Wildman–Crippen MR) is 74.2 cm³/mol. The summed E-state index contributed by atoms with van der Waals surface area (Å²) in [6, 6.07) is 1.58. The molecule has 0 bridgehead atoms. The van der Waals surface area contributed by atoms with Gasteiger partial charge in [0, 0.05) is 18.9 Å². The first-order valence-corrected chi connectivity index (χ1v) is 6.98. The fourth-order valence-corrected chi connectivity index (χ4v) is 2.87. The first-order valence-electron chi connectivity index (χ1n) is 6.60. The average Bonchev–Trinajstić information content (AvgIpc) is 2.36. The summed E-state index contributed by atoms with van der Waals surface area (Å²) < 4.78 is 0. The van der Waals surface area contributed by atoms with Crippen LogP contribution in [0.15, 0.2) is 18.5 Å². The largest absolute Gasteiger partial charge is 0.388 e. The third kappa shape index (κ3) is 3.67. The van der Waals surface area contributed by atoms with Crippen LogP contribution < -0.4 is 5.32 Å². The Balaban J connectivity index is 1.95. The molecule has 0 aliphatic heterocycles. The van der Waals surface area contributed by atoms with Crippen molar-refractivity contribution in [2.45, 2.75) is 38.2 Å². The smallest absolute Gasteiger partial charge is 0.254 e. The predicted octanol–water partition coefficient (Wildman–Crippen LogP) is 2.41. The molecule has 2 atom stereocenters. The van der Waals surface area contributed by atoms with E-state index in [4.69, 9.17) is 11.6 Å². The highest BCUT2D eigenvalue weighted by Crippen LogP contribution is 2.31. The first kappa shape index (κ1) is 14.3. The number of rotatable bonds is 3. The van der Waals surface area contributed by atoms with Crippen molar-refractivity contribution in [2.75, 3.05) is 6.54 Å². The van der Waals surface area contributed by atoms with Gasteiger partial charge in [0.15, 0.2) is 0 Å². The highest BCUT2D eigenvalue weighted by Gasteiger charge is 2.33. The molecule has 1 aliphatic rings. The summed E-state index contributed by atoms with van der Waals surface area (Å²) in [5.74, 6) is 0.211. The number of pyridine rings is 1. The van der Waals surface area contributed by atoms with E-state index in [0.29, 0.717) is 16.5 Å². The van der Waals surface area contributed by atoms with Gasteiger partial charge >= 0.3 is 0 Å². The quantitative estimate of drug-likeness (QED) is 0.895. The van der Waals surface area contributed by atoms with Crippen LogP contribution in [-0.4, -0.2) is 28.1 Å². The highest BCUT2D eigenvalue weighted by atomic mass is 35.5. The van der Waals surface area contributed by atoms with Crippen LogP contribution >= 0.6 is 11.6 Å². The zero-order chi connectivity index (χ0) is 13.9. The molecular weight excluding hydrogens is 264 g/mol. The summed E-state index contributed by atoms with van der Waals surface area (Å²) in [4.78, 5) is 15.9. The standard InChI is InChI=1S/C14H19ClN2O2/c1-10-3-2-5-14(19,7-10)9-17-13(18)11-8-16-6-4-12(11)15/h4,6,8,10,19H,2-3,5,7,9H2,1H3,(H,17,18). The molecule has 2 N–H and O–H groups in total. The molecule has 1 fully saturated rings. The summed E-state index contributed by atoms with van der Waals surface area (Å²) in [5, 5.41) is 13.6. The van der Waals surface area contributed by atoms with E-state index in [1.807, 2.05) is 0 Å². The van der Waals surface area contributed by atoms with Gasteiger partial charge in [-0.3, -0.25) is 9.78 Å². The van der Waals surface area contributed by atoms with Crippen LogP contribution in [0.5, 0.6) is 0 Å². The molecule has 1 aromatic heterocycles. The summed E-state index contributed by atoms with van der Waals surface area (Å²) in [6.07, 6.45) is 6.58. The van der Waals surface area contributed by atoms with Gasteiger partial charge in [-0.15, -0.1) is 0 Å². The fraction of sp³-hybridized carbons (Fsp3) is 0.571. The van der Waals surface area contributed by atoms with E-state index in [9.17, 15) is 9.90 Å². The van der Waals surface area contributed by atoms with E-state index in [1.54, 1.807) is 6.07 Å². The average molecular weight is 283 g/mol. The Morgan fingerprint density at radius 2 is 2.47 bits per heavy atom. The Bertz CT molecular complexity index is 467. The van der Waals surface area contributed by atoms with Crippen LogP contribution in [0, 0.1) is 5.92 Å². The summed E-state index contributed by atoms with van der Waals surface area (Å²) in [6.45, 7) is 2.39. The number of aromatic nitrogens is 1. The normalized spacial score (nSPS) is 27.0. The van der Waals surface area contributed by atoms with E-state index in [-0.39, 0.29) is 12.5 Å². The lowest BCUT2D eigenvalue weighted by Gasteiger charge is -2.35. The Labute approximate surface area is 118 Å². The third-order valence-electron chi connectivity index (χ3n) is 3.66. The minimum absolute atomic E-state index is 0.265. The maximum atomic E-state index is 12.0. The van der Waals surface area contributed by atoms with Crippen LogP contribution in [0.2, 0.25) is 5.02 Å². The molecule has 5 heteroatoms. The third-order valence-corrected chi connectivity index (χ3v) is 3.99. The highest BCUT2D eigenvalue weighted by molar-refractivity contribution is 6.33. The summed E-state index contributed by atoms with van der Waals surface area (Å²) >= 11 is 5.94. The van der Waals surface area contributed by atoms with Crippen molar-refractivity contribution >= 4 is 17.5 Å². The molecule has 0 saturated heterocycles. The maximum Gasteiger partial charge on any atom is 0.254 e. The Morgan fingerprint density at radius 3 is 3.16 bits per heavy atom. The minimum atomic E-state index is -0.790. The molecule has 1 aromatic rings. The number of carbonyl (C=O) groups excluding carboxylic acids is 1. The van der Waals surface area contributed by atoms with Gasteiger partial charge in [0.2, 0.25) is 0 Å². The molecule has 1 saturated carbocycles. The molecule has 0 radical (unpaired) electrons. The maximum absolute atomic E-state index is 12.0. The van der Waals surface area contributed by atoms with Gasteiger partial charge in [0.1, 0.15) is 0 Å². The molecule has 1 amide bonds. The van der Waals surface area contributed by atoms with Crippen molar-refractivity contribution in [2.24, 2.45) is 5.92 Å². The van der Waals surface area contributed by atoms with Gasteiger partial charge in [-0.25, -0.2) is 0 Å². The van der Waals surface area contributed by atoms with Crippen molar-refractivity contribution < 1.29 is 9.90 Å². The summed E-state index contributed by atoms with van der Waals surface area (Å²) in [5.41, 5.74) is -0.446. The van der Waals surface area contributed by atoms with Crippen molar-refractivity contribution in [1.82, 2.24) is 10.3 Å². The Kier molecular flexibility index (Phi) is 4.42. The second-order valence-electron chi connectivity index (χ2n) is 5.46. The monoisotopic (exact) mass is 282 g/mol. The SMILES string of the molecule is CC1CCCC(O)(CNC(=O)c2cnccc2Cl)C1. The number of halogens is 1. The van der Waals surface area contributed by atoms with Crippen LogP contribution in [-0.2, 0) is 0 Å². The second-order valence-corrected chi connectivity index (χ2v) is 5.87. The molecular formula is C14H19ClN2O2. The fourth-order valence-electron chi connectivity index (χ4n) is 2.68. The molecule has 0 spiro atoms. The van der Waals surface area contributed by atoms with Crippen molar-refractivity contribution in [3.05, 3.63) is 29.0 Å². The van der Waals surface area contributed by atoms with Gasteiger partial charge < -0.3 is 10.4 Å². The van der Waals surface area contributed by atoms with E-state index in [0.717, 1.165) is 25.7 Å². The molecule has 104 valence electrons. The van der Waals surface area contributed by atoms with Crippen LogP contribution in [0.1, 0.15) is 43.0 Å².